The molecule has 11 heteroatoms. The zero-order chi connectivity index (χ0) is 23.3. The summed E-state index contributed by atoms with van der Waals surface area (Å²) in [5, 5.41) is 11.5. The second-order valence-electron chi connectivity index (χ2n) is 7.35. The smallest absolute Gasteiger partial charge is 0.345 e. The van der Waals surface area contributed by atoms with Crippen LogP contribution in [0, 0.1) is 10.1 Å². The van der Waals surface area contributed by atoms with Crippen LogP contribution < -0.4 is 4.74 Å². The van der Waals surface area contributed by atoms with Crippen molar-refractivity contribution in [2.24, 2.45) is 0 Å². The van der Waals surface area contributed by atoms with E-state index in [0.717, 1.165) is 0 Å². The molecule has 0 spiro atoms. The Kier molecular flexibility index (Phi) is 7.91. The van der Waals surface area contributed by atoms with E-state index in [2.05, 4.69) is 0 Å². The Morgan fingerprint density at radius 3 is 2.23 bits per heavy atom. The molecule has 0 fully saturated rings. The molecule has 0 atom stereocenters. The zero-order valence-corrected chi connectivity index (χ0v) is 19.3. The van der Waals surface area contributed by atoms with Gasteiger partial charge in [-0.25, -0.2) is 9.34 Å². The molecule has 2 aromatic rings. The number of amides is 1. The lowest BCUT2D eigenvalue weighted by molar-refractivity contribution is -0.385. The molecule has 0 aliphatic heterocycles. The third kappa shape index (κ3) is 5.89. The van der Waals surface area contributed by atoms with Crippen LogP contribution in [0.15, 0.2) is 42.5 Å². The minimum Gasteiger partial charge on any atom is -0.450 e. The highest BCUT2D eigenvalue weighted by molar-refractivity contribution is 7.53. The standard InChI is InChI=1S/C20H27N4O6P/c1-21(2)20(25)16-8-7-9-17(13-16)30-19-12-15(10-11-18(19)24(26)27)14-29-31(28,22(3)4)23(5)6/h7-13H,14H2,1-6H3. The fourth-order valence-electron chi connectivity index (χ4n) is 2.71. The first-order valence-electron chi connectivity index (χ1n) is 9.32. The Balaban J connectivity index is 2.33. The van der Waals surface area contributed by atoms with Crippen molar-refractivity contribution in [2.45, 2.75) is 6.61 Å². The molecule has 1 amide bonds. The molecule has 0 bridgehead atoms. The molecule has 168 valence electrons. The maximum Gasteiger partial charge on any atom is 0.345 e. The molecular formula is C20H27N4O6P. The number of benzene rings is 2. The molecule has 0 N–H and O–H groups in total. The topological polar surface area (TPSA) is 105 Å². The molecule has 10 nitrogen and oxygen atoms in total. The second kappa shape index (κ2) is 10.0. The van der Waals surface area contributed by atoms with Gasteiger partial charge in [-0.3, -0.25) is 19.5 Å². The van der Waals surface area contributed by atoms with E-state index in [9.17, 15) is 19.5 Å². The summed E-state index contributed by atoms with van der Waals surface area (Å²) in [7, 11) is 6.62. The summed E-state index contributed by atoms with van der Waals surface area (Å²) in [6, 6.07) is 10.7. The van der Waals surface area contributed by atoms with Crippen LogP contribution in [0.4, 0.5) is 5.69 Å². The van der Waals surface area contributed by atoms with E-state index < -0.39 is 12.6 Å². The lowest BCUT2D eigenvalue weighted by atomic mass is 10.2. The first-order valence-corrected chi connectivity index (χ1v) is 10.9. The van der Waals surface area contributed by atoms with Crippen LogP contribution in [0.25, 0.3) is 0 Å². The number of ether oxygens (including phenoxy) is 1. The van der Waals surface area contributed by atoms with Gasteiger partial charge in [0, 0.05) is 25.7 Å². The van der Waals surface area contributed by atoms with Gasteiger partial charge in [-0.1, -0.05) is 6.07 Å². The maximum atomic E-state index is 12.9. The molecule has 0 aromatic heterocycles. The molecule has 31 heavy (non-hydrogen) atoms. The molecule has 0 saturated carbocycles. The molecular weight excluding hydrogens is 423 g/mol. The highest BCUT2D eigenvalue weighted by Crippen LogP contribution is 2.51. The summed E-state index contributed by atoms with van der Waals surface area (Å²) in [4.78, 5) is 24.5. The number of rotatable bonds is 9. The van der Waals surface area contributed by atoms with Crippen molar-refractivity contribution in [2.75, 3.05) is 42.3 Å². The van der Waals surface area contributed by atoms with E-state index in [1.807, 2.05) is 0 Å². The summed E-state index contributed by atoms with van der Waals surface area (Å²) in [6.07, 6.45) is 0. The quantitative estimate of drug-likeness (QED) is 0.322. The molecule has 0 saturated heterocycles. The van der Waals surface area contributed by atoms with E-state index in [0.29, 0.717) is 11.1 Å². The normalized spacial score (nSPS) is 11.6. The van der Waals surface area contributed by atoms with Crippen LogP contribution in [-0.4, -0.2) is 67.4 Å². The number of carbonyl (C=O) groups excluding carboxylic acids is 1. The van der Waals surface area contributed by atoms with Gasteiger partial charge in [0.1, 0.15) is 5.75 Å². The number of hydrogen-bond acceptors (Lipinski definition) is 6. The Morgan fingerprint density at radius 2 is 1.68 bits per heavy atom. The van der Waals surface area contributed by atoms with Gasteiger partial charge in [-0.15, -0.1) is 0 Å². The van der Waals surface area contributed by atoms with Gasteiger partial charge in [0.15, 0.2) is 0 Å². The lowest BCUT2D eigenvalue weighted by Gasteiger charge is -2.29. The van der Waals surface area contributed by atoms with Crippen molar-refractivity contribution in [3.05, 3.63) is 63.7 Å². The monoisotopic (exact) mass is 450 g/mol. The molecule has 0 radical (unpaired) electrons. The van der Waals surface area contributed by atoms with Gasteiger partial charge >= 0.3 is 13.4 Å². The molecule has 0 unspecified atom stereocenters. The summed E-state index contributed by atoms with van der Waals surface area (Å²) in [5.74, 6) is 0.0523. The minimum atomic E-state index is -3.22. The summed E-state index contributed by atoms with van der Waals surface area (Å²) in [5.41, 5.74) is 0.698. The highest BCUT2D eigenvalue weighted by atomic mass is 31.2. The predicted molar refractivity (Wildman–Crippen MR) is 117 cm³/mol. The van der Waals surface area contributed by atoms with Gasteiger partial charge in [0.05, 0.1) is 11.5 Å². The van der Waals surface area contributed by atoms with Gasteiger partial charge in [-0.05, 0) is 64.1 Å². The summed E-state index contributed by atoms with van der Waals surface area (Å²) >= 11 is 0. The molecule has 0 heterocycles. The fraction of sp³-hybridized carbons (Fsp3) is 0.350. The van der Waals surface area contributed by atoms with E-state index >= 15 is 0 Å². The van der Waals surface area contributed by atoms with E-state index in [-0.39, 0.29) is 29.7 Å². The van der Waals surface area contributed by atoms with Crippen LogP contribution in [0.3, 0.4) is 0 Å². The number of nitro groups is 1. The van der Waals surface area contributed by atoms with Gasteiger partial charge in [0.2, 0.25) is 5.75 Å². The maximum absolute atomic E-state index is 12.9. The Labute approximate surface area is 181 Å². The van der Waals surface area contributed by atoms with Crippen molar-refractivity contribution in [3.63, 3.8) is 0 Å². The van der Waals surface area contributed by atoms with Crippen molar-refractivity contribution in [3.8, 4) is 11.5 Å². The molecule has 0 aliphatic carbocycles. The fourth-order valence-corrected chi connectivity index (χ4v) is 4.20. The van der Waals surface area contributed by atoms with Crippen LogP contribution >= 0.6 is 7.67 Å². The second-order valence-corrected chi connectivity index (χ2v) is 10.2. The van der Waals surface area contributed by atoms with Crippen LogP contribution in [0.2, 0.25) is 0 Å². The SMILES string of the molecule is CN(C)C(=O)c1cccc(Oc2cc(COP(=O)(N(C)C)N(C)C)ccc2[N+](=O)[O-])c1. The van der Waals surface area contributed by atoms with Crippen molar-refractivity contribution >= 4 is 19.3 Å². The zero-order valence-electron chi connectivity index (χ0n) is 18.4. The Bertz CT molecular complexity index is 997. The van der Waals surface area contributed by atoms with E-state index in [1.54, 1.807) is 60.5 Å². The lowest BCUT2D eigenvalue weighted by Crippen LogP contribution is -2.22. The predicted octanol–water partition coefficient (Wildman–Crippen LogP) is 3.84. The van der Waals surface area contributed by atoms with E-state index in [4.69, 9.17) is 9.26 Å². The van der Waals surface area contributed by atoms with Gasteiger partial charge in [-0.2, -0.15) is 0 Å². The van der Waals surface area contributed by atoms with Crippen LogP contribution in [0.5, 0.6) is 11.5 Å². The van der Waals surface area contributed by atoms with Gasteiger partial charge in [0.25, 0.3) is 5.91 Å². The largest absolute Gasteiger partial charge is 0.450 e. The van der Waals surface area contributed by atoms with Crippen molar-refractivity contribution < 1.29 is 23.5 Å². The number of hydrogen-bond donors (Lipinski definition) is 0. The Hall–Kier alpha value is -2.78. The third-order valence-corrected chi connectivity index (χ3v) is 6.83. The first-order chi connectivity index (χ1) is 14.5. The van der Waals surface area contributed by atoms with Crippen LogP contribution in [0.1, 0.15) is 15.9 Å². The molecule has 2 rings (SSSR count). The average Bonchev–Trinajstić information content (AvgIpc) is 2.71. The highest BCUT2D eigenvalue weighted by Gasteiger charge is 2.29. The van der Waals surface area contributed by atoms with Crippen molar-refractivity contribution in [1.82, 2.24) is 14.2 Å². The number of nitro benzene ring substituents is 1. The van der Waals surface area contributed by atoms with Crippen LogP contribution in [-0.2, 0) is 15.7 Å². The van der Waals surface area contributed by atoms with Crippen molar-refractivity contribution in [1.29, 1.82) is 0 Å². The number of carbonyl (C=O) groups is 1. The number of nitrogens with zero attached hydrogens (tertiary/aromatic N) is 4. The summed E-state index contributed by atoms with van der Waals surface area (Å²) in [6.45, 7) is -0.0405. The van der Waals surface area contributed by atoms with Gasteiger partial charge < -0.3 is 14.2 Å². The molecule has 0 aliphatic rings. The molecule has 2 aromatic carbocycles. The minimum absolute atomic E-state index is 0.00918. The third-order valence-electron chi connectivity index (χ3n) is 4.35. The average molecular weight is 450 g/mol. The first kappa shape index (κ1) is 24.5. The van der Waals surface area contributed by atoms with E-state index in [1.165, 1.54) is 38.5 Å². The Morgan fingerprint density at radius 1 is 1.03 bits per heavy atom. The summed E-state index contributed by atoms with van der Waals surface area (Å²) < 4.78 is 27.3.